The Hall–Kier alpha value is -2.73. The number of rotatable bonds is 9. The van der Waals surface area contributed by atoms with Crippen LogP contribution in [-0.2, 0) is 24.0 Å². The van der Waals surface area contributed by atoms with Gasteiger partial charge in [-0.25, -0.2) is 4.79 Å². The van der Waals surface area contributed by atoms with Crippen molar-refractivity contribution in [1.29, 1.82) is 0 Å². The van der Waals surface area contributed by atoms with Crippen LogP contribution in [0.15, 0.2) is 0 Å². The lowest BCUT2D eigenvalue weighted by Gasteiger charge is -2.26. The van der Waals surface area contributed by atoms with Gasteiger partial charge >= 0.3 is 5.97 Å². The van der Waals surface area contributed by atoms with Gasteiger partial charge in [-0.2, -0.15) is 0 Å². The average Bonchev–Trinajstić information content (AvgIpc) is 3.05. The van der Waals surface area contributed by atoms with Crippen molar-refractivity contribution in [2.45, 2.75) is 50.4 Å². The van der Waals surface area contributed by atoms with Gasteiger partial charge in [-0.15, -0.1) is 0 Å². The highest BCUT2D eigenvalue weighted by atomic mass is 16.4. The summed E-state index contributed by atoms with van der Waals surface area (Å²) in [5.74, 6) is -4.15. The van der Waals surface area contributed by atoms with Gasteiger partial charge < -0.3 is 37.2 Å². The molecule has 4 amide bonds. The number of aliphatic hydroxyl groups excluding tert-OH is 1. The molecule has 1 saturated heterocycles. The van der Waals surface area contributed by atoms with Crippen LogP contribution in [0.4, 0.5) is 0 Å². The summed E-state index contributed by atoms with van der Waals surface area (Å²) in [5.41, 5.74) is 10.6. The summed E-state index contributed by atoms with van der Waals surface area (Å²) in [6.45, 7) is 0.953. The molecule has 0 spiro atoms. The summed E-state index contributed by atoms with van der Waals surface area (Å²) < 4.78 is 0. The molecule has 12 nitrogen and oxygen atoms in total. The van der Waals surface area contributed by atoms with E-state index < -0.39 is 60.4 Å². The third-order valence-corrected chi connectivity index (χ3v) is 4.06. The van der Waals surface area contributed by atoms with Crippen molar-refractivity contribution < 1.29 is 34.2 Å². The number of nitrogens with two attached hydrogens (primary N) is 2. The van der Waals surface area contributed by atoms with E-state index in [1.165, 1.54) is 11.8 Å². The van der Waals surface area contributed by atoms with E-state index in [9.17, 15) is 29.1 Å². The standard InChI is InChI=1S/C15H25N5O7/c1-7(21)12(15(26)27)19-11(23)6-18-13(24)9-3-2-4-20(9)14(25)8(16)5-10(17)22/h7-9,12,21H,2-6,16H2,1H3,(H2,17,22)(H,18,24)(H,19,23)(H,26,27). The third-order valence-electron chi connectivity index (χ3n) is 4.06. The maximum atomic E-state index is 12.3. The van der Waals surface area contributed by atoms with Gasteiger partial charge in [0.2, 0.25) is 23.6 Å². The van der Waals surface area contributed by atoms with E-state index in [-0.39, 0.29) is 13.0 Å². The number of amides is 4. The Balaban J connectivity index is 2.60. The molecule has 12 heteroatoms. The normalized spacial score (nSPS) is 19.7. The number of aliphatic hydroxyl groups is 1. The van der Waals surface area contributed by atoms with Crippen molar-refractivity contribution >= 4 is 29.6 Å². The van der Waals surface area contributed by atoms with Crippen LogP contribution >= 0.6 is 0 Å². The van der Waals surface area contributed by atoms with Crippen LogP contribution in [-0.4, -0.2) is 82.0 Å². The molecule has 0 aromatic rings. The molecular formula is C15H25N5O7. The van der Waals surface area contributed by atoms with Gasteiger partial charge in [0.05, 0.1) is 25.1 Å². The summed E-state index contributed by atoms with van der Waals surface area (Å²) >= 11 is 0. The zero-order valence-electron chi connectivity index (χ0n) is 14.9. The lowest BCUT2D eigenvalue weighted by molar-refractivity contribution is -0.144. The second-order valence-corrected chi connectivity index (χ2v) is 6.31. The minimum absolute atomic E-state index is 0.276. The molecule has 27 heavy (non-hydrogen) atoms. The van der Waals surface area contributed by atoms with Crippen LogP contribution < -0.4 is 22.1 Å². The highest BCUT2D eigenvalue weighted by molar-refractivity contribution is 5.94. The number of nitrogens with zero attached hydrogens (tertiary/aromatic N) is 1. The number of nitrogens with one attached hydrogen (secondary N) is 2. The number of carbonyl (C=O) groups is 5. The van der Waals surface area contributed by atoms with E-state index in [0.717, 1.165) is 0 Å². The first-order valence-electron chi connectivity index (χ1n) is 8.37. The van der Waals surface area contributed by atoms with Crippen molar-refractivity contribution in [3.8, 4) is 0 Å². The molecular weight excluding hydrogens is 362 g/mol. The maximum absolute atomic E-state index is 12.3. The number of hydrogen-bond acceptors (Lipinski definition) is 7. The highest BCUT2D eigenvalue weighted by Crippen LogP contribution is 2.18. The Kier molecular flexibility index (Phi) is 8.12. The quantitative estimate of drug-likeness (QED) is 0.231. The molecule has 1 heterocycles. The summed E-state index contributed by atoms with van der Waals surface area (Å²) in [6.07, 6.45) is -0.768. The van der Waals surface area contributed by atoms with Crippen molar-refractivity contribution in [2.24, 2.45) is 11.5 Å². The third kappa shape index (κ3) is 6.49. The average molecular weight is 387 g/mol. The van der Waals surface area contributed by atoms with Crippen LogP contribution in [0.25, 0.3) is 0 Å². The van der Waals surface area contributed by atoms with Gasteiger partial charge in [0, 0.05) is 6.54 Å². The summed E-state index contributed by atoms with van der Waals surface area (Å²) in [6, 6.07) is -3.51. The van der Waals surface area contributed by atoms with Crippen LogP contribution in [0.3, 0.4) is 0 Å². The lowest BCUT2D eigenvalue weighted by atomic mass is 10.1. The lowest BCUT2D eigenvalue weighted by Crippen LogP contribution is -2.54. The predicted octanol–water partition coefficient (Wildman–Crippen LogP) is -3.75. The van der Waals surface area contributed by atoms with E-state index in [0.29, 0.717) is 12.8 Å². The predicted molar refractivity (Wildman–Crippen MR) is 90.8 cm³/mol. The van der Waals surface area contributed by atoms with Gasteiger partial charge in [-0.1, -0.05) is 0 Å². The van der Waals surface area contributed by atoms with Gasteiger partial charge in [-0.3, -0.25) is 19.2 Å². The fourth-order valence-electron chi connectivity index (χ4n) is 2.72. The van der Waals surface area contributed by atoms with E-state index in [1.54, 1.807) is 0 Å². The Morgan fingerprint density at radius 3 is 2.41 bits per heavy atom. The Morgan fingerprint density at radius 2 is 1.89 bits per heavy atom. The molecule has 0 aromatic carbocycles. The minimum atomic E-state index is -1.51. The maximum Gasteiger partial charge on any atom is 0.328 e. The number of carboxylic acids is 1. The second kappa shape index (κ2) is 9.83. The first-order valence-corrected chi connectivity index (χ1v) is 8.37. The fourth-order valence-corrected chi connectivity index (χ4v) is 2.72. The van der Waals surface area contributed by atoms with Crippen LogP contribution in [0.2, 0.25) is 0 Å². The number of carboxylic acid groups (broad SMARTS) is 1. The highest BCUT2D eigenvalue weighted by Gasteiger charge is 2.36. The molecule has 4 atom stereocenters. The molecule has 0 radical (unpaired) electrons. The molecule has 1 aliphatic heterocycles. The van der Waals surface area contributed by atoms with Gasteiger partial charge in [0.15, 0.2) is 6.04 Å². The molecule has 0 aromatic heterocycles. The molecule has 0 aliphatic carbocycles. The number of carbonyl (C=O) groups excluding carboxylic acids is 4. The topological polar surface area (TPSA) is 205 Å². The van der Waals surface area contributed by atoms with Crippen molar-refractivity contribution in [2.75, 3.05) is 13.1 Å². The van der Waals surface area contributed by atoms with E-state index >= 15 is 0 Å². The molecule has 0 saturated carbocycles. The van der Waals surface area contributed by atoms with Crippen molar-refractivity contribution in [3.63, 3.8) is 0 Å². The van der Waals surface area contributed by atoms with E-state index in [4.69, 9.17) is 16.6 Å². The molecule has 152 valence electrons. The van der Waals surface area contributed by atoms with Crippen LogP contribution in [0.5, 0.6) is 0 Å². The Morgan fingerprint density at radius 1 is 1.26 bits per heavy atom. The SMILES string of the molecule is CC(O)C(NC(=O)CNC(=O)C1CCCN1C(=O)C(N)CC(N)=O)C(=O)O. The molecule has 1 rings (SSSR count). The first-order chi connectivity index (χ1) is 12.5. The summed E-state index contributed by atoms with van der Waals surface area (Å²) in [5, 5.41) is 22.6. The smallest absolute Gasteiger partial charge is 0.328 e. The van der Waals surface area contributed by atoms with Crippen molar-refractivity contribution in [1.82, 2.24) is 15.5 Å². The van der Waals surface area contributed by atoms with Crippen LogP contribution in [0, 0.1) is 0 Å². The Labute approximate surface area is 155 Å². The van der Waals surface area contributed by atoms with Gasteiger partial charge in [0.25, 0.3) is 0 Å². The zero-order chi connectivity index (χ0) is 20.7. The Bertz CT molecular complexity index is 609. The second-order valence-electron chi connectivity index (χ2n) is 6.31. The minimum Gasteiger partial charge on any atom is -0.480 e. The largest absolute Gasteiger partial charge is 0.480 e. The number of aliphatic carboxylic acids is 1. The summed E-state index contributed by atoms with van der Waals surface area (Å²) in [7, 11) is 0. The molecule has 4 unspecified atom stereocenters. The van der Waals surface area contributed by atoms with Crippen molar-refractivity contribution in [3.05, 3.63) is 0 Å². The fraction of sp³-hybridized carbons (Fsp3) is 0.667. The van der Waals surface area contributed by atoms with E-state index in [1.807, 2.05) is 0 Å². The summed E-state index contributed by atoms with van der Waals surface area (Å²) in [4.78, 5) is 59.4. The first kappa shape index (κ1) is 22.3. The molecule has 1 aliphatic rings. The number of likely N-dealkylation sites (tertiary alicyclic amines) is 1. The molecule has 0 bridgehead atoms. The van der Waals surface area contributed by atoms with Gasteiger partial charge in [0.1, 0.15) is 6.04 Å². The monoisotopic (exact) mass is 387 g/mol. The van der Waals surface area contributed by atoms with Gasteiger partial charge in [-0.05, 0) is 19.8 Å². The van der Waals surface area contributed by atoms with Crippen LogP contribution in [0.1, 0.15) is 26.2 Å². The van der Waals surface area contributed by atoms with E-state index in [2.05, 4.69) is 10.6 Å². The molecule has 1 fully saturated rings. The number of hydrogen-bond donors (Lipinski definition) is 6. The number of primary amides is 1. The zero-order valence-corrected chi connectivity index (χ0v) is 14.9. The molecule has 8 N–H and O–H groups in total.